The Labute approximate surface area is 78.6 Å². The molecule has 0 N–H and O–H groups in total. The molecule has 0 aromatic carbocycles. The normalized spacial score (nSPS) is 14.5. The number of hydrogen-bond acceptors (Lipinski definition) is 1. The summed E-state index contributed by atoms with van der Waals surface area (Å²) < 4.78 is 26.2. The van der Waals surface area contributed by atoms with E-state index >= 15 is 0 Å². The van der Waals surface area contributed by atoms with Crippen LogP contribution in [0.2, 0.25) is 0 Å². The topological polar surface area (TPSA) is 12.4 Å². The Balaban J connectivity index is 4.55. The van der Waals surface area contributed by atoms with Crippen molar-refractivity contribution in [1.82, 2.24) is 0 Å². The van der Waals surface area contributed by atoms with Gasteiger partial charge in [-0.05, 0) is 20.8 Å². The maximum atomic E-state index is 13.1. The van der Waals surface area contributed by atoms with Gasteiger partial charge < -0.3 is 0 Å². The van der Waals surface area contributed by atoms with Gasteiger partial charge in [0.1, 0.15) is 0 Å². The summed E-state index contributed by atoms with van der Waals surface area (Å²) in [5.41, 5.74) is 0.00343. The Morgan fingerprint density at radius 1 is 1.46 bits per heavy atom. The molecule has 0 saturated heterocycles. The van der Waals surface area contributed by atoms with E-state index in [-0.39, 0.29) is 18.0 Å². The summed E-state index contributed by atoms with van der Waals surface area (Å²) in [5, 5.41) is 0. The predicted octanol–water partition coefficient (Wildman–Crippen LogP) is 3.46. The predicted molar refractivity (Wildman–Crippen MR) is 52.6 cm³/mol. The van der Waals surface area contributed by atoms with Crippen LogP contribution in [-0.2, 0) is 0 Å². The quantitative estimate of drug-likeness (QED) is 0.600. The molecule has 0 aliphatic carbocycles. The fourth-order valence-electron chi connectivity index (χ4n) is 0.814. The third-order valence-electron chi connectivity index (χ3n) is 1.69. The van der Waals surface area contributed by atoms with Gasteiger partial charge in [0, 0.05) is 24.3 Å². The van der Waals surface area contributed by atoms with Crippen molar-refractivity contribution >= 4 is 6.21 Å². The minimum Gasteiger partial charge on any atom is -0.290 e. The van der Waals surface area contributed by atoms with Crippen molar-refractivity contribution in [1.29, 1.82) is 0 Å². The highest BCUT2D eigenvalue weighted by atomic mass is 19.3. The fourth-order valence-corrected chi connectivity index (χ4v) is 0.814. The minimum atomic E-state index is -2.74. The third-order valence-corrected chi connectivity index (χ3v) is 1.69. The summed E-state index contributed by atoms with van der Waals surface area (Å²) in [6.07, 6.45) is 2.50. The van der Waals surface area contributed by atoms with Crippen molar-refractivity contribution in [3.63, 3.8) is 0 Å². The molecule has 0 spiro atoms. The van der Waals surface area contributed by atoms with Gasteiger partial charge in [-0.2, -0.15) is 0 Å². The van der Waals surface area contributed by atoms with Crippen LogP contribution in [0.4, 0.5) is 8.78 Å². The Morgan fingerprint density at radius 3 is 2.31 bits per heavy atom. The third kappa shape index (κ3) is 4.15. The van der Waals surface area contributed by atoms with Crippen LogP contribution in [0.25, 0.3) is 0 Å². The van der Waals surface area contributed by atoms with Crippen LogP contribution in [0.15, 0.2) is 16.6 Å². The average Bonchev–Trinajstić information content (AvgIpc) is 2.04. The van der Waals surface area contributed by atoms with Gasteiger partial charge in [0.25, 0.3) is 5.92 Å². The van der Waals surface area contributed by atoms with Gasteiger partial charge in [0.15, 0.2) is 0 Å². The summed E-state index contributed by atoms with van der Waals surface area (Å²) in [4.78, 5) is 3.94. The van der Waals surface area contributed by atoms with Crippen molar-refractivity contribution in [3.8, 4) is 0 Å². The number of nitrogens with zero attached hydrogens (tertiary/aromatic N) is 1. The molecular weight excluding hydrogens is 172 g/mol. The lowest BCUT2D eigenvalue weighted by molar-refractivity contribution is 0.0444. The number of alkyl halides is 2. The molecule has 1 nitrogen and oxygen atoms in total. The summed E-state index contributed by atoms with van der Waals surface area (Å²) in [5.74, 6) is -2.74. The van der Waals surface area contributed by atoms with E-state index in [0.717, 1.165) is 0 Å². The van der Waals surface area contributed by atoms with Gasteiger partial charge in [-0.25, -0.2) is 8.78 Å². The van der Waals surface area contributed by atoms with Crippen LogP contribution in [0, 0.1) is 0 Å². The van der Waals surface area contributed by atoms with Gasteiger partial charge in [-0.3, -0.25) is 4.99 Å². The van der Waals surface area contributed by atoms with Crippen LogP contribution in [0.5, 0.6) is 0 Å². The molecule has 0 bridgehead atoms. The second kappa shape index (κ2) is 5.10. The van der Waals surface area contributed by atoms with Gasteiger partial charge in [0.2, 0.25) is 0 Å². The molecule has 0 unspecified atom stereocenters. The van der Waals surface area contributed by atoms with Crippen LogP contribution < -0.4 is 0 Å². The van der Waals surface area contributed by atoms with Gasteiger partial charge in [0.05, 0.1) is 0 Å². The molecular formula is C10H17F2N. The first-order valence-corrected chi connectivity index (χ1v) is 4.51. The fraction of sp³-hybridized carbons (Fsp3) is 0.700. The zero-order valence-electron chi connectivity index (χ0n) is 8.64. The van der Waals surface area contributed by atoms with E-state index in [1.54, 1.807) is 6.92 Å². The number of allylic oxidation sites excluding steroid dienone is 2. The lowest BCUT2D eigenvalue weighted by Gasteiger charge is -2.14. The van der Waals surface area contributed by atoms with Gasteiger partial charge in [-0.1, -0.05) is 13.0 Å². The van der Waals surface area contributed by atoms with Crippen molar-refractivity contribution < 1.29 is 8.78 Å². The second-order valence-electron chi connectivity index (χ2n) is 3.17. The first-order chi connectivity index (χ1) is 5.94. The van der Waals surface area contributed by atoms with E-state index in [1.165, 1.54) is 19.2 Å². The van der Waals surface area contributed by atoms with Crippen molar-refractivity contribution in [2.45, 2.75) is 46.1 Å². The van der Waals surface area contributed by atoms with E-state index in [0.29, 0.717) is 0 Å². The van der Waals surface area contributed by atoms with E-state index in [1.807, 2.05) is 13.8 Å². The summed E-state index contributed by atoms with van der Waals surface area (Å²) in [6, 6.07) is 0.0580. The molecule has 0 heterocycles. The maximum absolute atomic E-state index is 13.1. The molecule has 0 aromatic rings. The van der Waals surface area contributed by atoms with Crippen molar-refractivity contribution in [2.75, 3.05) is 0 Å². The molecule has 0 rings (SSSR count). The molecule has 0 radical (unpaired) electrons. The second-order valence-corrected chi connectivity index (χ2v) is 3.17. The first kappa shape index (κ1) is 12.3. The molecule has 0 fully saturated rings. The van der Waals surface area contributed by atoms with E-state index in [9.17, 15) is 8.78 Å². The molecule has 13 heavy (non-hydrogen) atoms. The summed E-state index contributed by atoms with van der Waals surface area (Å²) in [6.45, 7) is 6.78. The molecule has 76 valence electrons. The summed E-state index contributed by atoms with van der Waals surface area (Å²) in [7, 11) is 0. The highest BCUT2D eigenvalue weighted by Crippen LogP contribution is 2.26. The zero-order chi connectivity index (χ0) is 10.5. The molecule has 0 aliphatic rings. The van der Waals surface area contributed by atoms with E-state index < -0.39 is 5.92 Å². The average molecular weight is 189 g/mol. The lowest BCUT2D eigenvalue weighted by atomic mass is 10.1. The Bertz CT molecular complexity index is 205. The van der Waals surface area contributed by atoms with Crippen LogP contribution in [-0.4, -0.2) is 18.2 Å². The number of aliphatic imine (C=N–C) groups is 1. The molecule has 0 aromatic heterocycles. The maximum Gasteiger partial charge on any atom is 0.274 e. The van der Waals surface area contributed by atoms with Crippen LogP contribution >= 0.6 is 0 Å². The molecule has 3 heteroatoms. The zero-order valence-corrected chi connectivity index (χ0v) is 8.64. The Morgan fingerprint density at radius 2 is 2.00 bits per heavy atom. The smallest absolute Gasteiger partial charge is 0.274 e. The molecule has 0 atom stereocenters. The highest BCUT2D eigenvalue weighted by Gasteiger charge is 2.29. The highest BCUT2D eigenvalue weighted by molar-refractivity contribution is 5.80. The first-order valence-electron chi connectivity index (χ1n) is 4.51. The van der Waals surface area contributed by atoms with Crippen LogP contribution in [0.1, 0.15) is 34.1 Å². The Kier molecular flexibility index (Phi) is 4.81. The molecule has 0 aliphatic heterocycles. The Hall–Kier alpha value is -0.730. The van der Waals surface area contributed by atoms with E-state index in [2.05, 4.69) is 4.99 Å². The van der Waals surface area contributed by atoms with Crippen molar-refractivity contribution in [3.05, 3.63) is 11.6 Å². The summed E-state index contributed by atoms with van der Waals surface area (Å²) >= 11 is 0. The van der Waals surface area contributed by atoms with E-state index in [4.69, 9.17) is 0 Å². The minimum absolute atomic E-state index is 0.00343. The number of halogens is 2. The van der Waals surface area contributed by atoms with Gasteiger partial charge in [-0.15, -0.1) is 0 Å². The van der Waals surface area contributed by atoms with Crippen molar-refractivity contribution in [2.24, 2.45) is 4.99 Å². The molecule has 0 amide bonds. The lowest BCUT2D eigenvalue weighted by Crippen LogP contribution is -2.19. The number of rotatable bonds is 4. The standard InChI is InChI=1S/C10H17F2N/c1-5-9(7-13-8(3)4)10(11,12)6-2/h5,7-8H,6H2,1-4H3/b9-5+,13-7?. The largest absolute Gasteiger partial charge is 0.290 e. The molecule has 0 saturated carbocycles. The van der Waals surface area contributed by atoms with Gasteiger partial charge >= 0.3 is 0 Å². The monoisotopic (exact) mass is 189 g/mol. The number of hydrogen-bond donors (Lipinski definition) is 0. The SMILES string of the molecule is C/C=C(\C=NC(C)C)C(F)(F)CC. The van der Waals surface area contributed by atoms with Crippen LogP contribution in [0.3, 0.4) is 0 Å².